The van der Waals surface area contributed by atoms with E-state index in [1.165, 1.54) is 4.57 Å². The maximum atomic E-state index is 14.0. The second-order valence-electron chi connectivity index (χ2n) is 10.1. The Morgan fingerprint density at radius 2 is 1.86 bits per heavy atom. The minimum absolute atomic E-state index is 0.100. The predicted octanol–water partition coefficient (Wildman–Crippen LogP) is 3.84. The molecule has 10 nitrogen and oxygen atoms in total. The molecule has 0 unspecified atom stereocenters. The number of halogens is 2. The lowest BCUT2D eigenvalue weighted by molar-refractivity contribution is -0.00808. The summed E-state index contributed by atoms with van der Waals surface area (Å²) >= 11 is 0. The van der Waals surface area contributed by atoms with Gasteiger partial charge in [0.05, 0.1) is 30.9 Å². The van der Waals surface area contributed by atoms with E-state index in [9.17, 15) is 13.6 Å². The van der Waals surface area contributed by atoms with Crippen molar-refractivity contribution < 1.29 is 27.8 Å². The first-order valence-corrected chi connectivity index (χ1v) is 12.3. The van der Waals surface area contributed by atoms with E-state index in [4.69, 9.17) is 14.2 Å². The van der Waals surface area contributed by atoms with Gasteiger partial charge in [-0.3, -0.25) is 4.57 Å². The molecule has 0 aliphatic carbocycles. The zero-order valence-corrected chi connectivity index (χ0v) is 21.1. The summed E-state index contributed by atoms with van der Waals surface area (Å²) in [5.41, 5.74) is 0.409. The Kier molecular flexibility index (Phi) is 6.84. The minimum atomic E-state index is -2.80. The van der Waals surface area contributed by atoms with E-state index in [0.29, 0.717) is 63.0 Å². The first-order valence-electron chi connectivity index (χ1n) is 12.3. The molecule has 12 heteroatoms. The molecule has 0 N–H and O–H groups in total. The van der Waals surface area contributed by atoms with Gasteiger partial charge in [0.1, 0.15) is 11.4 Å². The highest BCUT2D eigenvalue weighted by molar-refractivity contribution is 5.78. The van der Waals surface area contributed by atoms with E-state index >= 15 is 0 Å². The number of aromatic nitrogens is 4. The fourth-order valence-corrected chi connectivity index (χ4v) is 4.28. The number of ether oxygens (including phenoxy) is 3. The molecule has 2 saturated heterocycles. The number of carbonyl (C=O) groups excluding carboxylic acids is 1. The standard InChI is InChI=1S/C25H30F2N6O4/c1-25(2,3)37-24(34)32-13-16(14-32)15-36-20-12-19(29-23(30-20)31-8-10-35-11-9-31)33-18-7-5-4-6-17(18)28-22(33)21(26)27/h4-7,12,16,21H,8-11,13-15H2,1-3H3. The van der Waals surface area contributed by atoms with Crippen molar-refractivity contribution in [1.29, 1.82) is 0 Å². The van der Waals surface area contributed by atoms with Crippen LogP contribution in [-0.2, 0) is 9.47 Å². The molecule has 2 aliphatic heterocycles. The van der Waals surface area contributed by atoms with Gasteiger partial charge in [-0.25, -0.2) is 18.6 Å². The molecule has 2 aliphatic rings. The number of hydrogen-bond acceptors (Lipinski definition) is 8. The van der Waals surface area contributed by atoms with Crippen LogP contribution in [0.2, 0.25) is 0 Å². The van der Waals surface area contributed by atoms with Crippen LogP contribution in [0.25, 0.3) is 16.9 Å². The number of fused-ring (bicyclic) bond motifs is 1. The topological polar surface area (TPSA) is 94.8 Å². The number of likely N-dealkylation sites (tertiary alicyclic amines) is 1. The molecule has 0 atom stereocenters. The van der Waals surface area contributed by atoms with Crippen LogP contribution in [0.3, 0.4) is 0 Å². The van der Waals surface area contributed by atoms with Crippen LogP contribution in [0.15, 0.2) is 30.3 Å². The average molecular weight is 517 g/mol. The summed E-state index contributed by atoms with van der Waals surface area (Å²) in [6.07, 6.45) is -3.15. The minimum Gasteiger partial charge on any atom is -0.477 e. The van der Waals surface area contributed by atoms with E-state index in [1.54, 1.807) is 35.2 Å². The molecule has 1 amide bonds. The van der Waals surface area contributed by atoms with Crippen molar-refractivity contribution in [1.82, 2.24) is 24.4 Å². The predicted molar refractivity (Wildman–Crippen MR) is 131 cm³/mol. The number of alkyl halides is 2. The van der Waals surface area contributed by atoms with E-state index in [-0.39, 0.29) is 23.7 Å². The lowest BCUT2D eigenvalue weighted by atomic mass is 10.0. The molecule has 0 radical (unpaired) electrons. The number of benzene rings is 1. The normalized spacial score (nSPS) is 16.8. The summed E-state index contributed by atoms with van der Waals surface area (Å²) in [6, 6.07) is 8.48. The molecule has 198 valence electrons. The fraction of sp³-hybridized carbons (Fsp3) is 0.520. The molecule has 3 aromatic rings. The van der Waals surface area contributed by atoms with Crippen molar-refractivity contribution in [2.75, 3.05) is 50.9 Å². The number of nitrogens with zero attached hydrogens (tertiary/aromatic N) is 6. The highest BCUT2D eigenvalue weighted by Gasteiger charge is 2.34. The maximum Gasteiger partial charge on any atom is 0.410 e. The van der Waals surface area contributed by atoms with Crippen LogP contribution in [0, 0.1) is 5.92 Å². The smallest absolute Gasteiger partial charge is 0.410 e. The van der Waals surface area contributed by atoms with Crippen LogP contribution in [-0.4, -0.2) is 82.1 Å². The Hall–Kier alpha value is -3.54. The first-order chi connectivity index (χ1) is 17.7. The Morgan fingerprint density at radius 3 is 2.57 bits per heavy atom. The van der Waals surface area contributed by atoms with Gasteiger partial charge in [0.15, 0.2) is 5.82 Å². The number of rotatable bonds is 6. The highest BCUT2D eigenvalue weighted by Crippen LogP contribution is 2.30. The number of amides is 1. The maximum absolute atomic E-state index is 14.0. The first kappa shape index (κ1) is 25.1. The number of para-hydroxylation sites is 2. The summed E-state index contributed by atoms with van der Waals surface area (Å²) in [4.78, 5) is 29.1. The van der Waals surface area contributed by atoms with Crippen LogP contribution in [0.5, 0.6) is 5.88 Å². The lowest BCUT2D eigenvalue weighted by Crippen LogP contribution is -2.53. The van der Waals surface area contributed by atoms with Gasteiger partial charge in [-0.1, -0.05) is 12.1 Å². The molecule has 0 saturated carbocycles. The summed E-state index contributed by atoms with van der Waals surface area (Å²) < 4.78 is 46.2. The monoisotopic (exact) mass is 516 g/mol. The number of anilines is 1. The van der Waals surface area contributed by atoms with Gasteiger partial charge in [-0.15, -0.1) is 0 Å². The van der Waals surface area contributed by atoms with Gasteiger partial charge in [0, 0.05) is 38.2 Å². The molecule has 0 bridgehead atoms. The van der Waals surface area contributed by atoms with Gasteiger partial charge in [0.2, 0.25) is 11.8 Å². The van der Waals surface area contributed by atoms with E-state index in [0.717, 1.165) is 0 Å². The van der Waals surface area contributed by atoms with Gasteiger partial charge < -0.3 is 24.0 Å². The van der Waals surface area contributed by atoms with Crippen LogP contribution in [0.4, 0.5) is 19.5 Å². The molecule has 0 spiro atoms. The number of morpholine rings is 1. The second kappa shape index (κ2) is 10.1. The molecular weight excluding hydrogens is 486 g/mol. The molecule has 5 rings (SSSR count). The van der Waals surface area contributed by atoms with E-state index < -0.39 is 17.9 Å². The zero-order valence-electron chi connectivity index (χ0n) is 21.1. The van der Waals surface area contributed by atoms with Crippen LogP contribution in [0.1, 0.15) is 33.0 Å². The number of hydrogen-bond donors (Lipinski definition) is 0. The molecule has 2 aromatic heterocycles. The van der Waals surface area contributed by atoms with Crippen molar-refractivity contribution in [3.05, 3.63) is 36.2 Å². The molecule has 1 aromatic carbocycles. The molecule has 2 fully saturated rings. The SMILES string of the molecule is CC(C)(C)OC(=O)N1CC(COc2cc(-n3c(C(F)F)nc4ccccc43)nc(N3CCOCC3)n2)C1. The Morgan fingerprint density at radius 1 is 1.14 bits per heavy atom. The lowest BCUT2D eigenvalue weighted by Gasteiger charge is -2.39. The number of imidazole rings is 1. The fourth-order valence-electron chi connectivity index (χ4n) is 4.28. The third kappa shape index (κ3) is 5.58. The Bertz CT molecular complexity index is 1270. The quantitative estimate of drug-likeness (QED) is 0.488. The Labute approximate surface area is 213 Å². The van der Waals surface area contributed by atoms with E-state index in [2.05, 4.69) is 15.0 Å². The van der Waals surface area contributed by atoms with Crippen molar-refractivity contribution in [3.63, 3.8) is 0 Å². The average Bonchev–Trinajstić information content (AvgIpc) is 3.22. The number of carbonyl (C=O) groups is 1. The largest absolute Gasteiger partial charge is 0.477 e. The van der Waals surface area contributed by atoms with Crippen molar-refractivity contribution in [2.45, 2.75) is 32.8 Å². The Balaban J connectivity index is 1.39. The van der Waals surface area contributed by atoms with E-state index in [1.807, 2.05) is 25.7 Å². The summed E-state index contributed by atoms with van der Waals surface area (Å²) in [5, 5.41) is 0. The van der Waals surface area contributed by atoms with Crippen molar-refractivity contribution in [2.24, 2.45) is 5.92 Å². The molecular formula is C25H30F2N6O4. The highest BCUT2D eigenvalue weighted by atomic mass is 19.3. The van der Waals surface area contributed by atoms with Gasteiger partial charge in [-0.05, 0) is 32.9 Å². The van der Waals surface area contributed by atoms with Crippen molar-refractivity contribution >= 4 is 23.1 Å². The molecule has 4 heterocycles. The summed E-state index contributed by atoms with van der Waals surface area (Å²) in [5.74, 6) is 0.590. The second-order valence-corrected chi connectivity index (χ2v) is 10.1. The third-order valence-electron chi connectivity index (χ3n) is 6.06. The summed E-state index contributed by atoms with van der Waals surface area (Å²) in [6.45, 7) is 8.98. The van der Waals surface area contributed by atoms with Gasteiger partial charge >= 0.3 is 6.09 Å². The van der Waals surface area contributed by atoms with Crippen LogP contribution >= 0.6 is 0 Å². The third-order valence-corrected chi connectivity index (χ3v) is 6.06. The van der Waals surface area contributed by atoms with Crippen molar-refractivity contribution in [3.8, 4) is 11.7 Å². The zero-order chi connectivity index (χ0) is 26.2. The van der Waals surface area contributed by atoms with Gasteiger partial charge in [-0.2, -0.15) is 9.97 Å². The summed E-state index contributed by atoms with van der Waals surface area (Å²) in [7, 11) is 0. The molecule has 37 heavy (non-hydrogen) atoms. The van der Waals surface area contributed by atoms with Gasteiger partial charge in [0.25, 0.3) is 6.43 Å². The van der Waals surface area contributed by atoms with Crippen LogP contribution < -0.4 is 9.64 Å².